The van der Waals surface area contributed by atoms with Crippen molar-refractivity contribution in [1.29, 1.82) is 0 Å². The summed E-state index contributed by atoms with van der Waals surface area (Å²) in [6.07, 6.45) is 0. The minimum Gasteiger partial charge on any atom is -0.492 e. The molecule has 1 aromatic carbocycles. The molecule has 0 atom stereocenters. The van der Waals surface area contributed by atoms with Crippen LogP contribution >= 0.6 is 11.6 Å². The second-order valence-electron chi connectivity index (χ2n) is 4.86. The zero-order valence-corrected chi connectivity index (χ0v) is 13.2. The Hall–Kier alpha value is -2.67. The van der Waals surface area contributed by atoms with E-state index in [0.29, 0.717) is 23.9 Å². The molecule has 122 valence electrons. The highest BCUT2D eigenvalue weighted by atomic mass is 35.5. The Labute approximate surface area is 137 Å². The lowest BCUT2D eigenvalue weighted by molar-refractivity contribution is 0.100. The van der Waals surface area contributed by atoms with E-state index in [-0.39, 0.29) is 11.4 Å². The van der Waals surface area contributed by atoms with E-state index in [9.17, 15) is 9.59 Å². The highest BCUT2D eigenvalue weighted by molar-refractivity contribution is 6.18. The van der Waals surface area contributed by atoms with Crippen LogP contribution in [0.3, 0.4) is 0 Å². The fourth-order valence-corrected chi connectivity index (χ4v) is 2.22. The quantitative estimate of drug-likeness (QED) is 0.604. The van der Waals surface area contributed by atoms with Gasteiger partial charge in [-0.05, 0) is 25.1 Å². The van der Waals surface area contributed by atoms with Crippen molar-refractivity contribution in [3.8, 4) is 17.0 Å². The molecule has 0 spiro atoms. The van der Waals surface area contributed by atoms with E-state index >= 15 is 0 Å². The van der Waals surface area contributed by atoms with Crippen LogP contribution in [0.1, 0.15) is 15.9 Å². The van der Waals surface area contributed by atoms with E-state index in [1.54, 1.807) is 0 Å². The number of aromatic nitrogens is 1. The lowest BCUT2D eigenvalue weighted by Gasteiger charge is -2.10. The van der Waals surface area contributed by atoms with Crippen LogP contribution in [0.2, 0.25) is 0 Å². The fraction of sp³-hybridized carbons (Fsp3) is 0.200. The van der Waals surface area contributed by atoms with Gasteiger partial charge in [0, 0.05) is 5.56 Å². The number of primary amides is 2. The predicted molar refractivity (Wildman–Crippen MR) is 88.9 cm³/mol. The zero-order valence-electron chi connectivity index (χ0n) is 12.5. The number of amides is 3. The third-order valence-electron chi connectivity index (χ3n) is 3.09. The Morgan fingerprint density at radius 2 is 2.04 bits per heavy atom. The topological polar surface area (TPSA) is 123 Å². The minimum atomic E-state index is -0.802. The molecule has 8 heteroatoms. The van der Waals surface area contributed by atoms with Crippen LogP contribution in [-0.2, 0) is 0 Å². The van der Waals surface area contributed by atoms with Crippen molar-refractivity contribution in [3.05, 3.63) is 35.4 Å². The third-order valence-corrected chi connectivity index (χ3v) is 3.25. The number of H-pyrrole nitrogens is 1. The number of hydrogen-bond donors (Lipinski definition) is 4. The number of carbonyl (C=O) groups excluding carboxylic acids is 2. The van der Waals surface area contributed by atoms with Gasteiger partial charge >= 0.3 is 6.03 Å². The average molecular weight is 337 g/mol. The summed E-state index contributed by atoms with van der Waals surface area (Å²) < 4.78 is 5.61. The van der Waals surface area contributed by atoms with E-state index < -0.39 is 11.9 Å². The van der Waals surface area contributed by atoms with Gasteiger partial charge in [-0.2, -0.15) is 0 Å². The second-order valence-corrected chi connectivity index (χ2v) is 5.24. The number of ether oxygens (including phenoxy) is 1. The van der Waals surface area contributed by atoms with Crippen molar-refractivity contribution in [1.82, 2.24) is 4.98 Å². The van der Waals surface area contributed by atoms with Crippen LogP contribution in [0.5, 0.6) is 5.75 Å². The van der Waals surface area contributed by atoms with Gasteiger partial charge in [-0.25, -0.2) is 4.79 Å². The van der Waals surface area contributed by atoms with E-state index in [1.807, 2.05) is 25.1 Å². The molecule has 23 heavy (non-hydrogen) atoms. The Kier molecular flexibility index (Phi) is 5.13. The molecule has 2 aromatic rings. The Morgan fingerprint density at radius 3 is 2.65 bits per heavy atom. The molecular weight excluding hydrogens is 320 g/mol. The highest BCUT2D eigenvalue weighted by Gasteiger charge is 2.17. The number of nitrogens with two attached hydrogens (primary N) is 2. The molecule has 0 aliphatic heterocycles. The molecule has 1 heterocycles. The number of hydrogen-bond acceptors (Lipinski definition) is 3. The van der Waals surface area contributed by atoms with Gasteiger partial charge in [0.1, 0.15) is 18.2 Å². The first-order valence-electron chi connectivity index (χ1n) is 6.81. The van der Waals surface area contributed by atoms with Crippen molar-refractivity contribution < 1.29 is 14.3 Å². The summed E-state index contributed by atoms with van der Waals surface area (Å²) in [5.41, 5.74) is 12.8. The predicted octanol–water partition coefficient (Wildman–Crippen LogP) is 2.20. The number of halogens is 1. The monoisotopic (exact) mass is 336 g/mol. The van der Waals surface area contributed by atoms with Gasteiger partial charge < -0.3 is 21.2 Å². The highest BCUT2D eigenvalue weighted by Crippen LogP contribution is 2.33. The largest absolute Gasteiger partial charge is 0.492 e. The number of nitrogens with one attached hydrogen (secondary N) is 2. The lowest BCUT2D eigenvalue weighted by Crippen LogP contribution is -2.22. The van der Waals surface area contributed by atoms with E-state index in [2.05, 4.69) is 10.3 Å². The maximum absolute atomic E-state index is 11.5. The molecule has 0 aliphatic rings. The second kappa shape index (κ2) is 7.06. The molecule has 3 amide bonds. The smallest absolute Gasteiger partial charge is 0.317 e. The number of aromatic amines is 1. The maximum atomic E-state index is 11.5. The summed E-state index contributed by atoms with van der Waals surface area (Å²) in [5, 5.41) is 2.34. The van der Waals surface area contributed by atoms with Crippen LogP contribution in [0.4, 0.5) is 10.6 Å². The van der Waals surface area contributed by atoms with Crippen molar-refractivity contribution in [2.75, 3.05) is 17.8 Å². The van der Waals surface area contributed by atoms with Crippen molar-refractivity contribution in [3.63, 3.8) is 0 Å². The van der Waals surface area contributed by atoms with Gasteiger partial charge in [-0.15, -0.1) is 11.6 Å². The number of anilines is 1. The van der Waals surface area contributed by atoms with Crippen LogP contribution in [0.15, 0.2) is 24.3 Å². The average Bonchev–Trinajstić information content (AvgIpc) is 2.89. The summed E-state index contributed by atoms with van der Waals surface area (Å²) in [6, 6.07) is 6.32. The summed E-state index contributed by atoms with van der Waals surface area (Å²) in [5.74, 6) is 0.398. The third kappa shape index (κ3) is 3.95. The van der Waals surface area contributed by atoms with Gasteiger partial charge in [-0.3, -0.25) is 10.1 Å². The Balaban J connectivity index is 2.51. The molecule has 0 aliphatic carbocycles. The van der Waals surface area contributed by atoms with E-state index in [0.717, 1.165) is 11.1 Å². The maximum Gasteiger partial charge on any atom is 0.317 e. The standard InChI is InChI=1S/C15H17ClN4O3/c1-8-2-3-12(23-5-4-16)9(6-8)11-7-10(13(17)21)14(19-11)20-15(18)22/h2-3,6-7,19H,4-5H2,1H3,(H2,17,21)(H3,18,20,22). The molecule has 2 rings (SSSR count). The Morgan fingerprint density at radius 1 is 1.30 bits per heavy atom. The first kappa shape index (κ1) is 16.7. The number of benzene rings is 1. The molecule has 0 saturated carbocycles. The number of rotatable bonds is 6. The summed E-state index contributed by atoms with van der Waals surface area (Å²) >= 11 is 5.65. The van der Waals surface area contributed by atoms with Crippen molar-refractivity contribution in [2.24, 2.45) is 11.5 Å². The van der Waals surface area contributed by atoms with E-state index in [1.165, 1.54) is 6.07 Å². The van der Waals surface area contributed by atoms with Crippen molar-refractivity contribution >= 4 is 29.4 Å². The van der Waals surface area contributed by atoms with Gasteiger partial charge in [0.15, 0.2) is 0 Å². The molecule has 6 N–H and O–H groups in total. The molecular formula is C15H17ClN4O3. The Bertz CT molecular complexity index is 742. The van der Waals surface area contributed by atoms with Crippen LogP contribution in [-0.4, -0.2) is 29.4 Å². The summed E-state index contributed by atoms with van der Waals surface area (Å²) in [6.45, 7) is 2.27. The van der Waals surface area contributed by atoms with E-state index in [4.69, 9.17) is 27.8 Å². The molecule has 0 unspecified atom stereocenters. The SMILES string of the molecule is Cc1ccc(OCCCl)c(-c2cc(C(N)=O)c(NC(N)=O)[nH]2)c1. The molecule has 0 saturated heterocycles. The molecule has 7 nitrogen and oxygen atoms in total. The first-order valence-corrected chi connectivity index (χ1v) is 7.35. The van der Waals surface area contributed by atoms with Gasteiger partial charge in [0.2, 0.25) is 0 Å². The van der Waals surface area contributed by atoms with Gasteiger partial charge in [-0.1, -0.05) is 11.6 Å². The number of urea groups is 1. The summed E-state index contributed by atoms with van der Waals surface area (Å²) in [7, 11) is 0. The lowest BCUT2D eigenvalue weighted by atomic mass is 10.1. The number of carbonyl (C=O) groups is 2. The van der Waals surface area contributed by atoms with Crippen molar-refractivity contribution in [2.45, 2.75) is 6.92 Å². The number of aryl methyl sites for hydroxylation is 1. The molecule has 1 aromatic heterocycles. The molecule has 0 radical (unpaired) electrons. The zero-order chi connectivity index (χ0) is 17.0. The molecule has 0 bridgehead atoms. The minimum absolute atomic E-state index is 0.128. The fourth-order valence-electron chi connectivity index (χ4n) is 2.14. The number of alkyl halides is 1. The first-order chi connectivity index (χ1) is 10.9. The van der Waals surface area contributed by atoms with Crippen LogP contribution in [0, 0.1) is 6.92 Å². The molecule has 0 fully saturated rings. The van der Waals surface area contributed by atoms with Crippen LogP contribution < -0.4 is 21.5 Å². The van der Waals surface area contributed by atoms with Gasteiger partial charge in [0.25, 0.3) is 5.91 Å². The van der Waals surface area contributed by atoms with Gasteiger partial charge in [0.05, 0.1) is 17.1 Å². The normalized spacial score (nSPS) is 10.3. The van der Waals surface area contributed by atoms with Crippen LogP contribution in [0.25, 0.3) is 11.3 Å². The summed E-state index contributed by atoms with van der Waals surface area (Å²) in [4.78, 5) is 25.5.